The van der Waals surface area contributed by atoms with E-state index in [-0.39, 0.29) is 12.3 Å². The molecule has 0 saturated carbocycles. The van der Waals surface area contributed by atoms with Crippen LogP contribution in [0.4, 0.5) is 0 Å². The molecule has 1 amide bonds. The third kappa shape index (κ3) is 5.63. The van der Waals surface area contributed by atoms with Crippen LogP contribution in [-0.2, 0) is 23.9 Å². The number of methoxy groups -OCH3 is 1. The van der Waals surface area contributed by atoms with Crippen molar-refractivity contribution in [2.45, 2.75) is 29.7 Å². The topological polar surface area (TPSA) is 95.0 Å². The maximum atomic E-state index is 13.0. The van der Waals surface area contributed by atoms with E-state index in [4.69, 9.17) is 14.2 Å². The number of benzene rings is 2. The molecule has 182 valence electrons. The molecule has 0 unspecified atom stereocenters. The number of thiazole rings is 1. The van der Waals surface area contributed by atoms with Crippen LogP contribution in [0.15, 0.2) is 70.2 Å². The molecule has 2 aromatic carbocycles. The van der Waals surface area contributed by atoms with Crippen LogP contribution in [0.25, 0.3) is 10.2 Å². The number of carbonyl (C=O) groups excluding carboxylic acids is 3. The molecule has 11 heteroatoms. The first kappa shape index (κ1) is 25.1. The molecule has 1 fully saturated rings. The van der Waals surface area contributed by atoms with Gasteiger partial charge in [0.25, 0.3) is 5.91 Å². The number of esters is 2. The number of aromatic nitrogens is 1. The molecular formula is C24H22N2O6S3. The van der Waals surface area contributed by atoms with Crippen LogP contribution in [0, 0.1) is 0 Å². The quantitative estimate of drug-likeness (QED) is 0.169. The van der Waals surface area contributed by atoms with Gasteiger partial charge in [0.15, 0.2) is 10.9 Å². The highest BCUT2D eigenvalue weighted by atomic mass is 33.1. The second kappa shape index (κ2) is 11.1. The standard InChI is InChI=1S/C24H22N2O6S3/c1-14(2)19(23(29)30-3)26-21(28)20(32-18(27)13-31-15-9-5-4-6-10-15)22(26)34-35-24-25-16-11-7-8-12-17(16)33-24/h4-12,20,22H,13H2,1-3H3/t20-,22+/m0/s1. The molecule has 0 bridgehead atoms. The summed E-state index contributed by atoms with van der Waals surface area (Å²) in [5.74, 6) is -1.30. The first-order valence-electron chi connectivity index (χ1n) is 10.5. The van der Waals surface area contributed by atoms with Gasteiger partial charge in [-0.05, 0) is 54.5 Å². The molecule has 1 saturated heterocycles. The van der Waals surface area contributed by atoms with E-state index in [0.29, 0.717) is 11.3 Å². The summed E-state index contributed by atoms with van der Waals surface area (Å²) in [6.07, 6.45) is -1.08. The second-order valence-corrected chi connectivity index (χ2v) is 11.2. The van der Waals surface area contributed by atoms with Crippen LogP contribution in [0.1, 0.15) is 13.8 Å². The van der Waals surface area contributed by atoms with Gasteiger partial charge in [-0.2, -0.15) is 0 Å². The molecule has 0 aliphatic carbocycles. The minimum absolute atomic E-state index is 0.132. The van der Waals surface area contributed by atoms with Gasteiger partial charge in [0.2, 0.25) is 6.10 Å². The average Bonchev–Trinajstić information content (AvgIpc) is 3.28. The van der Waals surface area contributed by atoms with Crippen LogP contribution < -0.4 is 4.74 Å². The van der Waals surface area contributed by atoms with Gasteiger partial charge in [0.05, 0.1) is 17.3 Å². The van der Waals surface area contributed by atoms with Crippen molar-refractivity contribution in [3.8, 4) is 5.75 Å². The Hall–Kier alpha value is -3.02. The Morgan fingerprint density at radius 3 is 2.49 bits per heavy atom. The van der Waals surface area contributed by atoms with Crippen molar-refractivity contribution in [3.63, 3.8) is 0 Å². The number of fused-ring (bicyclic) bond motifs is 1. The molecular weight excluding hydrogens is 508 g/mol. The van der Waals surface area contributed by atoms with Crippen molar-refractivity contribution in [1.82, 2.24) is 9.88 Å². The smallest absolute Gasteiger partial charge is 0.354 e. The predicted octanol–water partition coefficient (Wildman–Crippen LogP) is 4.66. The molecule has 1 aliphatic heterocycles. The summed E-state index contributed by atoms with van der Waals surface area (Å²) in [7, 11) is 3.91. The van der Waals surface area contributed by atoms with Crippen molar-refractivity contribution in [3.05, 3.63) is 65.9 Å². The molecule has 8 nitrogen and oxygen atoms in total. The Kier molecular flexibility index (Phi) is 7.99. The van der Waals surface area contributed by atoms with Crippen molar-refractivity contribution < 1.29 is 28.6 Å². The number of likely N-dealkylation sites (tertiary alicyclic amines) is 1. The van der Waals surface area contributed by atoms with Crippen LogP contribution in [0.5, 0.6) is 5.75 Å². The minimum atomic E-state index is -1.08. The van der Waals surface area contributed by atoms with Gasteiger partial charge in [-0.25, -0.2) is 14.6 Å². The van der Waals surface area contributed by atoms with E-state index in [1.165, 1.54) is 44.9 Å². The molecule has 2 atom stereocenters. The normalized spacial score (nSPS) is 17.0. The van der Waals surface area contributed by atoms with E-state index in [1.807, 2.05) is 30.3 Å². The zero-order valence-corrected chi connectivity index (χ0v) is 21.6. The summed E-state index contributed by atoms with van der Waals surface area (Å²) in [4.78, 5) is 43.8. The highest BCUT2D eigenvalue weighted by Crippen LogP contribution is 2.46. The number of hydrogen-bond acceptors (Lipinski definition) is 10. The Morgan fingerprint density at radius 1 is 1.09 bits per heavy atom. The largest absolute Gasteiger partial charge is 0.482 e. The highest BCUT2D eigenvalue weighted by molar-refractivity contribution is 8.77. The lowest BCUT2D eigenvalue weighted by atomic mass is 10.1. The summed E-state index contributed by atoms with van der Waals surface area (Å²) in [5.41, 5.74) is 1.62. The number of para-hydroxylation sites is 2. The van der Waals surface area contributed by atoms with Crippen molar-refractivity contribution >= 4 is 61.0 Å². The molecule has 3 aromatic rings. The van der Waals surface area contributed by atoms with Crippen LogP contribution in [0.2, 0.25) is 0 Å². The van der Waals surface area contributed by atoms with Gasteiger partial charge >= 0.3 is 11.9 Å². The third-order valence-corrected chi connectivity index (χ3v) is 8.92. The average molecular weight is 531 g/mol. The lowest BCUT2D eigenvalue weighted by Crippen LogP contribution is -2.64. The van der Waals surface area contributed by atoms with E-state index in [2.05, 4.69) is 4.98 Å². The lowest BCUT2D eigenvalue weighted by molar-refractivity contribution is -0.176. The SMILES string of the molecule is COC(=O)C(=C(C)C)N1C(=O)[C@H](OC(=O)COc2ccccc2)[C@H]1SSc1nc2ccccc2s1. The van der Waals surface area contributed by atoms with Crippen LogP contribution in [-0.4, -0.2) is 52.9 Å². The second-order valence-electron chi connectivity index (χ2n) is 7.58. The molecule has 2 heterocycles. The summed E-state index contributed by atoms with van der Waals surface area (Å²) in [6.45, 7) is 3.09. The van der Waals surface area contributed by atoms with E-state index < -0.39 is 29.3 Å². The molecule has 1 aliphatic rings. The van der Waals surface area contributed by atoms with E-state index in [0.717, 1.165) is 14.6 Å². The minimum Gasteiger partial charge on any atom is -0.482 e. The Bertz CT molecular complexity index is 1240. The van der Waals surface area contributed by atoms with Crippen molar-refractivity contribution in [2.24, 2.45) is 0 Å². The number of carbonyl (C=O) groups is 3. The van der Waals surface area contributed by atoms with Gasteiger partial charge in [-0.15, -0.1) is 11.3 Å². The highest BCUT2D eigenvalue weighted by Gasteiger charge is 2.54. The van der Waals surface area contributed by atoms with Gasteiger partial charge < -0.3 is 14.2 Å². The van der Waals surface area contributed by atoms with Gasteiger partial charge in [-0.1, -0.05) is 41.1 Å². The third-order valence-electron chi connectivity index (χ3n) is 4.94. The Morgan fingerprint density at radius 2 is 1.80 bits per heavy atom. The van der Waals surface area contributed by atoms with E-state index in [1.54, 1.807) is 38.1 Å². The van der Waals surface area contributed by atoms with Gasteiger partial charge in [-0.3, -0.25) is 9.69 Å². The Balaban J connectivity index is 1.49. The fourth-order valence-corrected chi connectivity index (χ4v) is 7.19. The molecule has 35 heavy (non-hydrogen) atoms. The first-order valence-corrected chi connectivity index (χ1v) is 13.6. The molecule has 4 rings (SSSR count). The lowest BCUT2D eigenvalue weighted by Gasteiger charge is -2.45. The zero-order valence-electron chi connectivity index (χ0n) is 19.1. The molecule has 1 aromatic heterocycles. The summed E-state index contributed by atoms with van der Waals surface area (Å²) < 4.78 is 17.6. The fraction of sp³-hybridized carbons (Fsp3) is 0.250. The van der Waals surface area contributed by atoms with Crippen LogP contribution >= 0.6 is 32.9 Å². The fourth-order valence-electron chi connectivity index (χ4n) is 3.33. The Labute approximate surface area is 214 Å². The maximum absolute atomic E-state index is 13.0. The monoisotopic (exact) mass is 530 g/mol. The molecule has 0 spiro atoms. The summed E-state index contributed by atoms with van der Waals surface area (Å²) in [5, 5.41) is -0.649. The van der Waals surface area contributed by atoms with Crippen molar-refractivity contribution in [2.75, 3.05) is 13.7 Å². The number of ether oxygens (including phenoxy) is 3. The number of allylic oxidation sites excluding steroid dienone is 1. The summed E-state index contributed by atoms with van der Waals surface area (Å²) in [6, 6.07) is 16.6. The number of β-lactam (4-membered cyclic amide) rings is 1. The molecule has 0 N–H and O–H groups in total. The number of hydrogen-bond donors (Lipinski definition) is 0. The predicted molar refractivity (Wildman–Crippen MR) is 136 cm³/mol. The van der Waals surface area contributed by atoms with Gasteiger partial charge in [0.1, 0.15) is 16.8 Å². The first-order chi connectivity index (χ1) is 16.9. The van der Waals surface area contributed by atoms with E-state index >= 15 is 0 Å². The van der Waals surface area contributed by atoms with E-state index in [9.17, 15) is 14.4 Å². The molecule has 0 radical (unpaired) electrons. The van der Waals surface area contributed by atoms with Gasteiger partial charge in [0, 0.05) is 0 Å². The number of amides is 1. The summed E-state index contributed by atoms with van der Waals surface area (Å²) >= 11 is 1.52. The van der Waals surface area contributed by atoms with Crippen molar-refractivity contribution in [1.29, 1.82) is 0 Å². The number of nitrogens with zero attached hydrogens (tertiary/aromatic N) is 2. The van der Waals surface area contributed by atoms with Crippen LogP contribution in [0.3, 0.4) is 0 Å². The zero-order chi connectivity index (χ0) is 24.9. The maximum Gasteiger partial charge on any atom is 0.354 e. The number of rotatable bonds is 9.